The van der Waals surface area contributed by atoms with Crippen molar-refractivity contribution in [3.05, 3.63) is 65.7 Å². The Kier molecular flexibility index (Phi) is 9.02. The van der Waals surface area contributed by atoms with Gasteiger partial charge in [-0.1, -0.05) is 30.3 Å². The minimum Gasteiger partial charge on any atom is -0.352 e. The third-order valence-electron chi connectivity index (χ3n) is 4.60. The fourth-order valence-electron chi connectivity index (χ4n) is 3.11. The number of benzene rings is 2. The molecule has 2 aromatic carbocycles. The number of rotatable bonds is 7. The monoisotopic (exact) mass is 390 g/mol. The lowest BCUT2D eigenvalue weighted by atomic mass is 9.96. The molecule has 1 fully saturated rings. The first-order valence-electron chi connectivity index (χ1n) is 9.07. The molecule has 1 aliphatic heterocycles. The predicted molar refractivity (Wildman–Crippen MR) is 112 cm³/mol. The Bertz CT molecular complexity index is 657. The molecule has 1 unspecified atom stereocenters. The van der Waals surface area contributed by atoms with Gasteiger partial charge >= 0.3 is 0 Å². The standard InChI is InChI=1S/C21H26N2OS.ClH/c24-21(23-14-12-17-7-4-13-22-15-17)19-8-10-20(11-9-19)25-16-18-5-2-1-3-6-18;/h1-3,5-6,8-11,17,22H,4,7,12-16H2,(H,23,24);1H. The number of hydrogen-bond acceptors (Lipinski definition) is 3. The Morgan fingerprint density at radius 3 is 2.58 bits per heavy atom. The largest absolute Gasteiger partial charge is 0.352 e. The highest BCUT2D eigenvalue weighted by Gasteiger charge is 2.13. The second-order valence-corrected chi connectivity index (χ2v) is 7.60. The summed E-state index contributed by atoms with van der Waals surface area (Å²) in [4.78, 5) is 13.4. The molecule has 26 heavy (non-hydrogen) atoms. The first-order chi connectivity index (χ1) is 12.3. The SMILES string of the molecule is Cl.O=C(NCCC1CCCNC1)c1ccc(SCc2ccccc2)cc1. The van der Waals surface area contributed by atoms with Crippen LogP contribution in [0, 0.1) is 5.92 Å². The van der Waals surface area contributed by atoms with Crippen molar-refractivity contribution < 1.29 is 4.79 Å². The number of thioether (sulfide) groups is 1. The zero-order valence-electron chi connectivity index (χ0n) is 14.9. The molecule has 0 bridgehead atoms. The molecule has 1 atom stereocenters. The summed E-state index contributed by atoms with van der Waals surface area (Å²) < 4.78 is 0. The van der Waals surface area contributed by atoms with Crippen molar-refractivity contribution in [2.24, 2.45) is 5.92 Å². The molecule has 0 radical (unpaired) electrons. The molecular weight excluding hydrogens is 364 g/mol. The van der Waals surface area contributed by atoms with Crippen LogP contribution in [0.3, 0.4) is 0 Å². The molecule has 1 amide bonds. The molecule has 5 heteroatoms. The van der Waals surface area contributed by atoms with Crippen LogP contribution in [-0.4, -0.2) is 25.5 Å². The van der Waals surface area contributed by atoms with E-state index < -0.39 is 0 Å². The van der Waals surface area contributed by atoms with Gasteiger partial charge in [0.15, 0.2) is 0 Å². The number of carbonyl (C=O) groups excluding carboxylic acids is 1. The molecule has 3 rings (SSSR count). The van der Waals surface area contributed by atoms with E-state index in [1.165, 1.54) is 23.3 Å². The predicted octanol–water partition coefficient (Wildman–Crippen LogP) is 4.52. The number of nitrogens with one attached hydrogen (secondary N) is 2. The van der Waals surface area contributed by atoms with Crippen LogP contribution in [0.2, 0.25) is 0 Å². The van der Waals surface area contributed by atoms with Gasteiger partial charge in [-0.25, -0.2) is 0 Å². The van der Waals surface area contributed by atoms with E-state index in [0.29, 0.717) is 5.92 Å². The number of carbonyl (C=O) groups is 1. The van der Waals surface area contributed by atoms with E-state index in [2.05, 4.69) is 34.9 Å². The van der Waals surface area contributed by atoms with Gasteiger partial charge < -0.3 is 10.6 Å². The maximum Gasteiger partial charge on any atom is 0.251 e. The lowest BCUT2D eigenvalue weighted by Crippen LogP contribution is -2.33. The summed E-state index contributed by atoms with van der Waals surface area (Å²) in [6.45, 7) is 2.98. The second-order valence-electron chi connectivity index (χ2n) is 6.56. The van der Waals surface area contributed by atoms with Crippen LogP contribution in [0.4, 0.5) is 0 Å². The maximum absolute atomic E-state index is 12.2. The first kappa shape index (κ1) is 20.8. The van der Waals surface area contributed by atoms with Gasteiger partial charge in [0, 0.05) is 22.8 Å². The topological polar surface area (TPSA) is 41.1 Å². The lowest BCUT2D eigenvalue weighted by molar-refractivity contribution is 0.0950. The van der Waals surface area contributed by atoms with Crippen LogP contribution < -0.4 is 10.6 Å². The van der Waals surface area contributed by atoms with E-state index in [-0.39, 0.29) is 18.3 Å². The van der Waals surface area contributed by atoms with Crippen LogP contribution in [0.15, 0.2) is 59.5 Å². The molecule has 0 spiro atoms. The Labute approximate surface area is 166 Å². The highest BCUT2D eigenvalue weighted by molar-refractivity contribution is 7.98. The second kappa shape index (κ2) is 11.3. The van der Waals surface area contributed by atoms with E-state index in [1.54, 1.807) is 11.8 Å². The van der Waals surface area contributed by atoms with Crippen molar-refractivity contribution in [1.82, 2.24) is 10.6 Å². The fourth-order valence-corrected chi connectivity index (χ4v) is 3.96. The van der Waals surface area contributed by atoms with Gasteiger partial charge in [-0.3, -0.25) is 4.79 Å². The minimum atomic E-state index is 0. The summed E-state index contributed by atoms with van der Waals surface area (Å²) in [7, 11) is 0. The number of amides is 1. The van der Waals surface area contributed by atoms with Gasteiger partial charge in [-0.2, -0.15) is 0 Å². The van der Waals surface area contributed by atoms with Crippen molar-refractivity contribution in [1.29, 1.82) is 0 Å². The molecule has 140 valence electrons. The summed E-state index contributed by atoms with van der Waals surface area (Å²) in [5.74, 6) is 1.68. The average molecular weight is 391 g/mol. The van der Waals surface area contributed by atoms with Crippen LogP contribution in [-0.2, 0) is 5.75 Å². The summed E-state index contributed by atoms with van der Waals surface area (Å²) in [5.41, 5.74) is 2.05. The van der Waals surface area contributed by atoms with E-state index in [0.717, 1.165) is 37.4 Å². The molecule has 1 aliphatic rings. The molecular formula is C21H27ClN2OS. The van der Waals surface area contributed by atoms with Crippen molar-refractivity contribution in [2.45, 2.75) is 29.9 Å². The molecule has 0 aliphatic carbocycles. The summed E-state index contributed by atoms with van der Waals surface area (Å²) in [6.07, 6.45) is 3.58. The molecule has 2 aromatic rings. The van der Waals surface area contributed by atoms with Crippen LogP contribution in [0.1, 0.15) is 35.2 Å². The number of piperidine rings is 1. The number of hydrogen-bond donors (Lipinski definition) is 2. The Morgan fingerprint density at radius 1 is 1.12 bits per heavy atom. The van der Waals surface area contributed by atoms with E-state index in [9.17, 15) is 4.79 Å². The molecule has 1 saturated heterocycles. The van der Waals surface area contributed by atoms with Crippen LogP contribution in [0.5, 0.6) is 0 Å². The van der Waals surface area contributed by atoms with Crippen LogP contribution in [0.25, 0.3) is 0 Å². The van der Waals surface area contributed by atoms with Gasteiger partial charge in [0.1, 0.15) is 0 Å². The fraction of sp³-hybridized carbons (Fsp3) is 0.381. The molecule has 1 heterocycles. The Morgan fingerprint density at radius 2 is 1.88 bits per heavy atom. The highest BCUT2D eigenvalue weighted by atomic mass is 35.5. The quantitative estimate of drug-likeness (QED) is 0.683. The van der Waals surface area contributed by atoms with Gasteiger partial charge in [-0.15, -0.1) is 24.2 Å². The number of halogens is 1. The zero-order valence-corrected chi connectivity index (χ0v) is 16.6. The van der Waals surface area contributed by atoms with Gasteiger partial charge in [0.25, 0.3) is 5.91 Å². The third-order valence-corrected chi connectivity index (χ3v) is 5.69. The van der Waals surface area contributed by atoms with Crippen molar-refractivity contribution in [3.63, 3.8) is 0 Å². The normalized spacial score (nSPS) is 16.5. The van der Waals surface area contributed by atoms with E-state index in [1.807, 2.05) is 30.3 Å². The van der Waals surface area contributed by atoms with Crippen LogP contribution >= 0.6 is 24.2 Å². The molecule has 2 N–H and O–H groups in total. The zero-order chi connectivity index (χ0) is 17.3. The summed E-state index contributed by atoms with van der Waals surface area (Å²) in [6, 6.07) is 18.3. The van der Waals surface area contributed by atoms with Crippen molar-refractivity contribution in [3.8, 4) is 0 Å². The van der Waals surface area contributed by atoms with E-state index in [4.69, 9.17) is 0 Å². The van der Waals surface area contributed by atoms with Gasteiger partial charge in [-0.05, 0) is 68.1 Å². The average Bonchev–Trinajstić information content (AvgIpc) is 2.68. The van der Waals surface area contributed by atoms with Gasteiger partial charge in [0.2, 0.25) is 0 Å². The molecule has 3 nitrogen and oxygen atoms in total. The third kappa shape index (κ3) is 6.67. The molecule has 0 saturated carbocycles. The highest BCUT2D eigenvalue weighted by Crippen LogP contribution is 2.23. The van der Waals surface area contributed by atoms with Crippen molar-refractivity contribution in [2.75, 3.05) is 19.6 Å². The Hall–Kier alpha value is -1.49. The Balaban J connectivity index is 0.00000243. The van der Waals surface area contributed by atoms with Crippen molar-refractivity contribution >= 4 is 30.1 Å². The molecule has 0 aromatic heterocycles. The lowest BCUT2D eigenvalue weighted by Gasteiger charge is -2.22. The maximum atomic E-state index is 12.2. The first-order valence-corrected chi connectivity index (χ1v) is 10.1. The van der Waals surface area contributed by atoms with E-state index >= 15 is 0 Å². The summed E-state index contributed by atoms with van der Waals surface area (Å²) in [5, 5.41) is 6.47. The smallest absolute Gasteiger partial charge is 0.251 e. The minimum absolute atomic E-state index is 0. The van der Waals surface area contributed by atoms with Gasteiger partial charge in [0.05, 0.1) is 0 Å². The summed E-state index contributed by atoms with van der Waals surface area (Å²) >= 11 is 1.79.